The van der Waals surface area contributed by atoms with Gasteiger partial charge in [0.2, 0.25) is 17.7 Å². The average Bonchev–Trinajstić information content (AvgIpc) is 3.67. The minimum absolute atomic E-state index is 0.000289. The van der Waals surface area contributed by atoms with Crippen molar-refractivity contribution in [1.29, 1.82) is 0 Å². The van der Waals surface area contributed by atoms with E-state index in [0.29, 0.717) is 0 Å². The number of aromatic amines is 1. The maximum absolute atomic E-state index is 13.7. The van der Waals surface area contributed by atoms with Gasteiger partial charge < -0.3 is 14.6 Å². The third kappa shape index (κ3) is 3.62. The van der Waals surface area contributed by atoms with Crippen molar-refractivity contribution in [1.82, 2.24) is 14.8 Å². The molecule has 2 bridgehead atoms. The summed E-state index contributed by atoms with van der Waals surface area (Å²) in [5, 5.41) is 1.07. The van der Waals surface area contributed by atoms with Crippen molar-refractivity contribution >= 4 is 40.8 Å². The number of fused-ring (bicyclic) bond motifs is 9. The monoisotopic (exact) mass is 553 g/mol. The Morgan fingerprint density at radius 1 is 1.03 bits per heavy atom. The van der Waals surface area contributed by atoms with E-state index in [2.05, 4.69) is 17.1 Å². The van der Waals surface area contributed by atoms with Gasteiger partial charge in [0.25, 0.3) is 0 Å². The van der Waals surface area contributed by atoms with Gasteiger partial charge in [0, 0.05) is 42.1 Å². The molecule has 3 aliphatic heterocycles. The summed E-state index contributed by atoms with van der Waals surface area (Å²) >= 11 is 2.96. The van der Waals surface area contributed by atoms with Crippen LogP contribution in [0.25, 0.3) is 0 Å². The van der Waals surface area contributed by atoms with Gasteiger partial charge in [-0.2, -0.15) is 0 Å². The van der Waals surface area contributed by atoms with Crippen LogP contribution in [-0.4, -0.2) is 64.5 Å². The molecule has 8 nitrogen and oxygen atoms in total. The van der Waals surface area contributed by atoms with Gasteiger partial charge in [-0.3, -0.25) is 24.1 Å². The molecule has 2 aliphatic carbocycles. The first-order chi connectivity index (χ1) is 18.5. The average molecular weight is 554 g/mol. The number of nitrogens with one attached hydrogen (secondary N) is 1. The Balaban J connectivity index is 1.17. The van der Waals surface area contributed by atoms with Crippen LogP contribution in [0.15, 0.2) is 34.1 Å². The molecule has 200 valence electrons. The standard InChI is InChI=1S/C28H31N3O5S2/c1-36-15-7-5-14(6-8-15)19-20-16-13-17(23(20)37-25-24(19)38-28(35)29-25)22-21(16)26(33)31(27(22)34)12-9-18(32)30-10-3-2-4-11-30/h5-8,16-17,19-23H,2-4,9-13H2,1H3,(H,29,35). The van der Waals surface area contributed by atoms with Crippen molar-refractivity contribution in [2.24, 2.45) is 29.6 Å². The predicted octanol–water partition coefficient (Wildman–Crippen LogP) is 3.32. The fourth-order valence-electron chi connectivity index (χ4n) is 7.99. The number of H-pyrrole nitrogens is 1. The minimum Gasteiger partial charge on any atom is -0.497 e. The van der Waals surface area contributed by atoms with Crippen molar-refractivity contribution in [3.63, 3.8) is 0 Å². The number of hydrogen-bond donors (Lipinski definition) is 1. The number of amides is 3. The maximum atomic E-state index is 13.7. The highest BCUT2D eigenvalue weighted by atomic mass is 32.2. The zero-order chi connectivity index (χ0) is 26.1. The smallest absolute Gasteiger partial charge is 0.305 e. The number of methoxy groups -OCH3 is 1. The van der Waals surface area contributed by atoms with Crippen molar-refractivity contribution in [3.05, 3.63) is 44.4 Å². The number of aromatic nitrogens is 1. The molecule has 4 heterocycles. The van der Waals surface area contributed by atoms with E-state index < -0.39 is 0 Å². The first-order valence-electron chi connectivity index (χ1n) is 13.6. The lowest BCUT2D eigenvalue weighted by Crippen LogP contribution is -2.42. The molecule has 38 heavy (non-hydrogen) atoms. The second-order valence-electron chi connectivity index (χ2n) is 11.3. The molecule has 2 saturated heterocycles. The van der Waals surface area contributed by atoms with E-state index in [4.69, 9.17) is 4.74 Å². The molecule has 5 aliphatic rings. The summed E-state index contributed by atoms with van der Waals surface area (Å²) < 4.78 is 5.37. The molecular formula is C28H31N3O5S2. The third-order valence-electron chi connectivity index (χ3n) is 9.55. The van der Waals surface area contributed by atoms with Gasteiger partial charge in [-0.05, 0) is 61.1 Å². The van der Waals surface area contributed by atoms with Gasteiger partial charge in [-0.25, -0.2) is 0 Å². The maximum Gasteiger partial charge on any atom is 0.305 e. The molecule has 2 aromatic rings. The first kappa shape index (κ1) is 24.5. The van der Waals surface area contributed by atoms with Gasteiger partial charge in [0.15, 0.2) is 0 Å². The molecule has 1 N–H and O–H groups in total. The van der Waals surface area contributed by atoms with E-state index in [9.17, 15) is 19.2 Å². The highest BCUT2D eigenvalue weighted by molar-refractivity contribution is 8.00. The number of likely N-dealkylation sites (tertiary alicyclic amines) is 2. The van der Waals surface area contributed by atoms with Crippen LogP contribution in [0.4, 0.5) is 0 Å². The minimum atomic E-state index is -0.322. The van der Waals surface area contributed by atoms with Crippen molar-refractivity contribution in [2.45, 2.75) is 48.3 Å². The number of benzene rings is 1. The Bertz CT molecular complexity index is 1350. The second kappa shape index (κ2) is 9.26. The predicted molar refractivity (Wildman–Crippen MR) is 143 cm³/mol. The van der Waals surface area contributed by atoms with Crippen LogP contribution >= 0.6 is 23.1 Å². The number of carbonyl (C=O) groups excluding carboxylic acids is 3. The van der Waals surface area contributed by atoms with Gasteiger partial charge in [0.05, 0.1) is 24.0 Å². The van der Waals surface area contributed by atoms with Crippen LogP contribution < -0.4 is 9.61 Å². The summed E-state index contributed by atoms with van der Waals surface area (Å²) in [7, 11) is 1.64. The molecule has 0 spiro atoms. The number of rotatable bonds is 5. The number of piperidine rings is 1. The SMILES string of the molecule is COc1ccc(C2c3sc(=O)[nH]c3SC3C4CC(C5C(=O)N(CCC(=O)N6CCCCC6)C(=O)C45)C23)cc1. The Labute approximate surface area is 229 Å². The number of thioether (sulfide) groups is 1. The molecule has 7 atom stereocenters. The Hall–Kier alpha value is -2.59. The Kier molecular flexibility index (Phi) is 5.96. The van der Waals surface area contributed by atoms with E-state index in [-0.39, 0.29) is 76.3 Å². The van der Waals surface area contributed by atoms with E-state index in [1.165, 1.54) is 16.2 Å². The van der Waals surface area contributed by atoms with Gasteiger partial charge in [-0.1, -0.05) is 23.5 Å². The van der Waals surface area contributed by atoms with Crippen molar-refractivity contribution in [2.75, 3.05) is 26.7 Å². The summed E-state index contributed by atoms with van der Waals surface area (Å²) in [6.07, 6.45) is 4.26. The molecule has 2 saturated carbocycles. The van der Waals surface area contributed by atoms with Crippen LogP contribution in [0.2, 0.25) is 0 Å². The van der Waals surface area contributed by atoms with E-state index in [1.54, 1.807) is 18.9 Å². The number of hydrogen-bond acceptors (Lipinski definition) is 7. The van der Waals surface area contributed by atoms with Gasteiger partial charge in [-0.15, -0.1) is 11.8 Å². The van der Waals surface area contributed by atoms with E-state index >= 15 is 0 Å². The Morgan fingerprint density at radius 2 is 1.74 bits per heavy atom. The number of nitrogens with zero attached hydrogens (tertiary/aromatic N) is 2. The summed E-state index contributed by atoms with van der Waals surface area (Å²) in [4.78, 5) is 59.8. The number of ether oxygens (including phenoxy) is 1. The highest BCUT2D eigenvalue weighted by Crippen LogP contribution is 2.68. The number of carbonyl (C=O) groups is 3. The quantitative estimate of drug-likeness (QED) is 0.571. The largest absolute Gasteiger partial charge is 0.497 e. The normalized spacial score (nSPS) is 33.3. The lowest BCUT2D eigenvalue weighted by molar-refractivity contribution is -0.141. The fourth-order valence-corrected chi connectivity index (χ4v) is 10.9. The summed E-state index contributed by atoms with van der Waals surface area (Å²) in [5.74, 6) is 0.347. The fraction of sp³-hybridized carbons (Fsp3) is 0.571. The van der Waals surface area contributed by atoms with Crippen molar-refractivity contribution < 1.29 is 19.1 Å². The lowest BCUT2D eigenvalue weighted by atomic mass is 9.68. The molecule has 0 radical (unpaired) electrons. The summed E-state index contributed by atoms with van der Waals surface area (Å²) in [6.45, 7) is 1.73. The van der Waals surface area contributed by atoms with Crippen LogP contribution in [0.5, 0.6) is 5.75 Å². The summed E-state index contributed by atoms with van der Waals surface area (Å²) in [5.41, 5.74) is 1.11. The van der Waals surface area contributed by atoms with Crippen LogP contribution in [-0.2, 0) is 14.4 Å². The number of imide groups is 1. The molecule has 7 rings (SSSR count). The second-order valence-corrected chi connectivity index (χ2v) is 13.5. The zero-order valence-corrected chi connectivity index (χ0v) is 22.9. The number of thiazole rings is 1. The molecule has 10 heteroatoms. The van der Waals surface area contributed by atoms with Gasteiger partial charge >= 0.3 is 4.87 Å². The molecule has 7 unspecified atom stereocenters. The molecule has 4 fully saturated rings. The Morgan fingerprint density at radius 3 is 2.45 bits per heavy atom. The molecule has 3 amide bonds. The molecule has 1 aromatic carbocycles. The van der Waals surface area contributed by atoms with Gasteiger partial charge in [0.1, 0.15) is 5.75 Å². The summed E-state index contributed by atoms with van der Waals surface area (Å²) in [6, 6.07) is 8.02. The van der Waals surface area contributed by atoms with E-state index in [1.807, 2.05) is 17.0 Å². The first-order valence-corrected chi connectivity index (χ1v) is 15.3. The zero-order valence-electron chi connectivity index (χ0n) is 21.3. The third-order valence-corrected chi connectivity index (χ3v) is 12.1. The molecular weight excluding hydrogens is 522 g/mol. The molecule has 1 aromatic heterocycles. The lowest BCUT2D eigenvalue weighted by Gasteiger charge is -2.43. The van der Waals surface area contributed by atoms with Crippen LogP contribution in [0.3, 0.4) is 0 Å². The van der Waals surface area contributed by atoms with Crippen molar-refractivity contribution in [3.8, 4) is 5.75 Å². The van der Waals surface area contributed by atoms with Crippen LogP contribution in [0.1, 0.15) is 48.5 Å². The topological polar surface area (TPSA) is 99.8 Å². The highest BCUT2D eigenvalue weighted by Gasteiger charge is 2.69. The van der Waals surface area contributed by atoms with Crippen LogP contribution in [0, 0.1) is 29.6 Å². The van der Waals surface area contributed by atoms with E-state index in [0.717, 1.165) is 60.0 Å².